The van der Waals surface area contributed by atoms with E-state index in [4.69, 9.17) is 0 Å². The van der Waals surface area contributed by atoms with Crippen LogP contribution in [0.2, 0.25) is 0 Å². The summed E-state index contributed by atoms with van der Waals surface area (Å²) in [4.78, 5) is 14.0. The Bertz CT molecular complexity index is 231. The molecule has 1 aliphatic heterocycles. The van der Waals surface area contributed by atoms with Crippen molar-refractivity contribution < 1.29 is 4.79 Å². The third-order valence-electron chi connectivity index (χ3n) is 3.81. The summed E-state index contributed by atoms with van der Waals surface area (Å²) in [6.45, 7) is 4.94. The Balaban J connectivity index is 0.00000128. The third-order valence-corrected chi connectivity index (χ3v) is 3.81. The smallest absolute Gasteiger partial charge is 0.222 e. The van der Waals surface area contributed by atoms with E-state index in [9.17, 15) is 4.79 Å². The molecule has 94 valence electrons. The van der Waals surface area contributed by atoms with Gasteiger partial charge in [0, 0.05) is 32.1 Å². The number of rotatable bonds is 3. The minimum atomic E-state index is 0. The van der Waals surface area contributed by atoms with Crippen molar-refractivity contribution in [1.82, 2.24) is 10.2 Å². The summed E-state index contributed by atoms with van der Waals surface area (Å²) in [5.41, 5.74) is 0. The first kappa shape index (κ1) is 13.8. The maximum atomic E-state index is 12.0. The quantitative estimate of drug-likeness (QED) is 0.824. The lowest BCUT2D eigenvalue weighted by atomic mass is 9.82. The van der Waals surface area contributed by atoms with Crippen molar-refractivity contribution in [2.75, 3.05) is 19.6 Å². The van der Waals surface area contributed by atoms with Gasteiger partial charge in [0.1, 0.15) is 0 Å². The number of nitrogens with zero attached hydrogens (tertiary/aromatic N) is 1. The van der Waals surface area contributed by atoms with E-state index in [1.807, 2.05) is 0 Å². The molecule has 1 atom stereocenters. The van der Waals surface area contributed by atoms with E-state index in [0.29, 0.717) is 11.9 Å². The van der Waals surface area contributed by atoms with Gasteiger partial charge in [0.25, 0.3) is 0 Å². The first-order valence-electron chi connectivity index (χ1n) is 6.27. The number of hydrogen-bond acceptors (Lipinski definition) is 2. The maximum absolute atomic E-state index is 12.0. The molecule has 1 heterocycles. The van der Waals surface area contributed by atoms with Crippen LogP contribution in [0.25, 0.3) is 0 Å². The number of nitrogens with one attached hydrogen (secondary N) is 1. The minimum Gasteiger partial charge on any atom is -0.337 e. The molecule has 4 heteroatoms. The Morgan fingerprint density at radius 2 is 2.19 bits per heavy atom. The zero-order valence-corrected chi connectivity index (χ0v) is 10.9. The molecular weight excluding hydrogens is 224 g/mol. The van der Waals surface area contributed by atoms with Crippen LogP contribution in [0, 0.1) is 5.92 Å². The first-order valence-corrected chi connectivity index (χ1v) is 6.27. The van der Waals surface area contributed by atoms with Gasteiger partial charge in [-0.1, -0.05) is 19.3 Å². The van der Waals surface area contributed by atoms with Crippen LogP contribution in [-0.4, -0.2) is 36.5 Å². The van der Waals surface area contributed by atoms with Crippen LogP contribution in [0.5, 0.6) is 0 Å². The lowest BCUT2D eigenvalue weighted by Gasteiger charge is -2.35. The normalized spacial score (nSPS) is 25.8. The number of carbonyl (C=O) groups excluding carboxylic acids is 1. The van der Waals surface area contributed by atoms with Gasteiger partial charge >= 0.3 is 0 Å². The molecule has 0 radical (unpaired) electrons. The van der Waals surface area contributed by atoms with Gasteiger partial charge in [0.2, 0.25) is 5.91 Å². The van der Waals surface area contributed by atoms with E-state index < -0.39 is 0 Å². The molecule has 1 N–H and O–H groups in total. The molecule has 16 heavy (non-hydrogen) atoms. The Labute approximate surface area is 104 Å². The minimum absolute atomic E-state index is 0. The fraction of sp³-hybridized carbons (Fsp3) is 0.917. The van der Waals surface area contributed by atoms with Gasteiger partial charge in [-0.05, 0) is 19.3 Å². The molecule has 2 rings (SSSR count). The molecule has 1 aliphatic carbocycles. The lowest BCUT2D eigenvalue weighted by Crippen LogP contribution is -2.52. The summed E-state index contributed by atoms with van der Waals surface area (Å²) < 4.78 is 0. The highest BCUT2D eigenvalue weighted by molar-refractivity contribution is 5.85. The Kier molecular flexibility index (Phi) is 5.56. The van der Waals surface area contributed by atoms with Crippen molar-refractivity contribution in [3.05, 3.63) is 0 Å². The Hall–Kier alpha value is -0.280. The fourth-order valence-corrected chi connectivity index (χ4v) is 2.46. The molecule has 1 amide bonds. The Morgan fingerprint density at radius 1 is 1.44 bits per heavy atom. The SMILES string of the molecule is C[C@H]1CNCCN1C(=O)CCC1CCC1.Cl. The highest BCUT2D eigenvalue weighted by Gasteiger charge is 2.24. The lowest BCUT2D eigenvalue weighted by molar-refractivity contribution is -0.134. The molecule has 3 nitrogen and oxygen atoms in total. The molecule has 0 spiro atoms. The van der Waals surface area contributed by atoms with Gasteiger partial charge in [0.15, 0.2) is 0 Å². The van der Waals surface area contributed by atoms with Crippen molar-refractivity contribution in [3.63, 3.8) is 0 Å². The van der Waals surface area contributed by atoms with Gasteiger partial charge in [0.05, 0.1) is 0 Å². The number of piperazine rings is 1. The second-order valence-corrected chi connectivity index (χ2v) is 4.98. The number of halogens is 1. The first-order chi connectivity index (χ1) is 7.27. The molecule has 0 aromatic heterocycles. The average molecular weight is 247 g/mol. The fourth-order valence-electron chi connectivity index (χ4n) is 2.46. The van der Waals surface area contributed by atoms with Crippen LogP contribution in [0.4, 0.5) is 0 Å². The van der Waals surface area contributed by atoms with Gasteiger partial charge in [-0.3, -0.25) is 4.79 Å². The highest BCUT2D eigenvalue weighted by atomic mass is 35.5. The summed E-state index contributed by atoms with van der Waals surface area (Å²) in [5, 5.41) is 3.31. The second kappa shape index (κ2) is 6.45. The number of amides is 1. The summed E-state index contributed by atoms with van der Waals surface area (Å²) in [6, 6.07) is 0.382. The van der Waals surface area contributed by atoms with E-state index in [2.05, 4.69) is 17.1 Å². The topological polar surface area (TPSA) is 32.3 Å². The number of hydrogen-bond donors (Lipinski definition) is 1. The Morgan fingerprint density at radius 3 is 2.75 bits per heavy atom. The van der Waals surface area contributed by atoms with E-state index in [1.165, 1.54) is 19.3 Å². The van der Waals surface area contributed by atoms with Crippen LogP contribution in [-0.2, 0) is 4.79 Å². The maximum Gasteiger partial charge on any atom is 0.222 e. The van der Waals surface area contributed by atoms with E-state index in [1.54, 1.807) is 0 Å². The summed E-state index contributed by atoms with van der Waals surface area (Å²) >= 11 is 0. The molecule has 1 saturated heterocycles. The second-order valence-electron chi connectivity index (χ2n) is 4.98. The molecule has 2 aliphatic rings. The van der Waals surface area contributed by atoms with Gasteiger partial charge in [-0.2, -0.15) is 0 Å². The van der Waals surface area contributed by atoms with Crippen LogP contribution in [0.3, 0.4) is 0 Å². The molecule has 0 aromatic carbocycles. The van der Waals surface area contributed by atoms with Crippen LogP contribution in [0.1, 0.15) is 39.0 Å². The zero-order chi connectivity index (χ0) is 10.7. The van der Waals surface area contributed by atoms with Gasteiger partial charge in [-0.25, -0.2) is 0 Å². The summed E-state index contributed by atoms with van der Waals surface area (Å²) in [7, 11) is 0. The van der Waals surface area contributed by atoms with Crippen LogP contribution in [0.15, 0.2) is 0 Å². The average Bonchev–Trinajstić information content (AvgIpc) is 2.16. The van der Waals surface area contributed by atoms with Crippen LogP contribution >= 0.6 is 12.4 Å². The molecule has 2 fully saturated rings. The van der Waals surface area contributed by atoms with Crippen LogP contribution < -0.4 is 5.32 Å². The zero-order valence-electron chi connectivity index (χ0n) is 10.1. The molecule has 0 aromatic rings. The number of carbonyl (C=O) groups is 1. The molecular formula is C12H23ClN2O. The molecule has 1 saturated carbocycles. The van der Waals surface area contributed by atoms with E-state index >= 15 is 0 Å². The molecule has 0 unspecified atom stereocenters. The monoisotopic (exact) mass is 246 g/mol. The van der Waals surface area contributed by atoms with Gasteiger partial charge < -0.3 is 10.2 Å². The molecule has 0 bridgehead atoms. The van der Waals surface area contributed by atoms with Gasteiger partial charge in [-0.15, -0.1) is 12.4 Å². The predicted octanol–water partition coefficient (Wildman–Crippen LogP) is 1.81. The van der Waals surface area contributed by atoms with E-state index in [0.717, 1.165) is 38.4 Å². The van der Waals surface area contributed by atoms with Crippen molar-refractivity contribution >= 4 is 18.3 Å². The highest BCUT2D eigenvalue weighted by Crippen LogP contribution is 2.30. The predicted molar refractivity (Wildman–Crippen MR) is 67.9 cm³/mol. The van der Waals surface area contributed by atoms with Crippen molar-refractivity contribution in [3.8, 4) is 0 Å². The summed E-state index contributed by atoms with van der Waals surface area (Å²) in [5.74, 6) is 1.23. The van der Waals surface area contributed by atoms with Crippen molar-refractivity contribution in [2.45, 2.75) is 45.1 Å². The standard InChI is InChI=1S/C12H22N2O.ClH/c1-10-9-13-7-8-14(10)12(15)6-5-11-3-2-4-11;/h10-11,13H,2-9H2,1H3;1H/t10-;/m0./s1. The largest absolute Gasteiger partial charge is 0.337 e. The van der Waals surface area contributed by atoms with Crippen molar-refractivity contribution in [1.29, 1.82) is 0 Å². The summed E-state index contributed by atoms with van der Waals surface area (Å²) in [6.07, 6.45) is 5.97. The van der Waals surface area contributed by atoms with E-state index in [-0.39, 0.29) is 12.4 Å². The third kappa shape index (κ3) is 3.36. The van der Waals surface area contributed by atoms with Crippen molar-refractivity contribution in [2.24, 2.45) is 5.92 Å².